The zero-order valence-electron chi connectivity index (χ0n) is 29.0. The average Bonchev–Trinajstić information content (AvgIpc) is 3.58. The van der Waals surface area contributed by atoms with Crippen LogP contribution in [0.25, 0.3) is 0 Å². The molecule has 0 saturated carbocycles. The van der Waals surface area contributed by atoms with E-state index in [1.54, 1.807) is 30.2 Å². The Morgan fingerprint density at radius 2 is 1.71 bits per heavy atom. The fraction of sp³-hybridized carbons (Fsp3) is 0.514. The van der Waals surface area contributed by atoms with Crippen LogP contribution >= 0.6 is 11.3 Å². The standard InChI is InChI=1S/C35H41F6N5O5S/c1-4-7-29-33(50-26-21-30(52-23-26)35(39,40)41,11-6-13-46(29)31(47)27-22-42-12-10-28(27)34(36,37)38)32(48)44-14-16-45(17-15-44)51-25-9-5-8-24(20-25)49-19-18-43(2)3/h5,8-10,12,20-23,29H,4,6-7,11,13-19H2,1-3H3/t29-,33+/m1/s1. The summed E-state index contributed by atoms with van der Waals surface area (Å²) in [5.41, 5.74) is -3.76. The maximum atomic E-state index is 14.7. The number of nitrogens with zero attached hydrogens (tertiary/aromatic N) is 5. The number of likely N-dealkylation sites (tertiary alicyclic amines) is 1. The van der Waals surface area contributed by atoms with Crippen molar-refractivity contribution in [2.24, 2.45) is 0 Å². The molecule has 0 N–H and O–H groups in total. The fourth-order valence-electron chi connectivity index (χ4n) is 6.47. The van der Waals surface area contributed by atoms with E-state index in [2.05, 4.69) is 4.98 Å². The van der Waals surface area contributed by atoms with Gasteiger partial charge in [0.1, 0.15) is 23.0 Å². The van der Waals surface area contributed by atoms with Gasteiger partial charge < -0.3 is 29.0 Å². The number of thiophene rings is 1. The van der Waals surface area contributed by atoms with Crippen molar-refractivity contribution in [3.8, 4) is 17.2 Å². The highest BCUT2D eigenvalue weighted by Gasteiger charge is 2.56. The normalized spacial score (nSPS) is 20.2. The molecule has 10 nitrogen and oxygen atoms in total. The van der Waals surface area contributed by atoms with E-state index >= 15 is 0 Å². The highest BCUT2D eigenvalue weighted by atomic mass is 32.1. The number of benzene rings is 1. The van der Waals surface area contributed by atoms with Gasteiger partial charge in [0.05, 0.1) is 30.3 Å². The van der Waals surface area contributed by atoms with Gasteiger partial charge in [-0.2, -0.15) is 26.3 Å². The molecule has 17 heteroatoms. The van der Waals surface area contributed by atoms with E-state index in [4.69, 9.17) is 14.3 Å². The lowest BCUT2D eigenvalue weighted by Gasteiger charge is -2.50. The van der Waals surface area contributed by atoms with Gasteiger partial charge in [-0.25, -0.2) is 0 Å². The Labute approximate surface area is 301 Å². The summed E-state index contributed by atoms with van der Waals surface area (Å²) in [6.07, 6.45) is -7.06. The maximum Gasteiger partial charge on any atom is 0.425 e. The first-order valence-electron chi connectivity index (χ1n) is 16.9. The molecule has 52 heavy (non-hydrogen) atoms. The van der Waals surface area contributed by atoms with Gasteiger partial charge in [0.15, 0.2) is 5.75 Å². The van der Waals surface area contributed by atoms with Gasteiger partial charge in [-0.05, 0) is 45.1 Å². The Bertz CT molecular complexity index is 1680. The number of pyridine rings is 1. The first-order chi connectivity index (χ1) is 24.6. The minimum absolute atomic E-state index is 0.00502. The smallest absolute Gasteiger partial charge is 0.425 e. The first kappa shape index (κ1) is 39.1. The zero-order valence-corrected chi connectivity index (χ0v) is 29.8. The third kappa shape index (κ3) is 9.09. The monoisotopic (exact) mass is 757 g/mol. The lowest BCUT2D eigenvalue weighted by Crippen LogP contribution is -2.69. The average molecular weight is 758 g/mol. The molecule has 4 heterocycles. The molecular formula is C35H41F6N5O5S. The quantitative estimate of drug-likeness (QED) is 0.194. The summed E-state index contributed by atoms with van der Waals surface area (Å²) in [6, 6.07) is 7.53. The maximum absolute atomic E-state index is 14.7. The van der Waals surface area contributed by atoms with Crippen molar-refractivity contribution >= 4 is 23.2 Å². The van der Waals surface area contributed by atoms with Crippen molar-refractivity contribution in [3.63, 3.8) is 0 Å². The summed E-state index contributed by atoms with van der Waals surface area (Å²) in [6.45, 7) is 3.81. The lowest BCUT2D eigenvalue weighted by atomic mass is 9.79. The summed E-state index contributed by atoms with van der Waals surface area (Å²) >= 11 is 0.399. The molecule has 2 fully saturated rings. The predicted molar refractivity (Wildman–Crippen MR) is 180 cm³/mol. The van der Waals surface area contributed by atoms with E-state index in [0.29, 0.717) is 41.9 Å². The second-order valence-electron chi connectivity index (χ2n) is 12.9. The van der Waals surface area contributed by atoms with E-state index in [1.807, 2.05) is 25.1 Å². The molecule has 2 aromatic heterocycles. The number of ether oxygens (including phenoxy) is 2. The number of amides is 2. The van der Waals surface area contributed by atoms with Crippen molar-refractivity contribution in [1.82, 2.24) is 24.7 Å². The summed E-state index contributed by atoms with van der Waals surface area (Å²) < 4.78 is 95.0. The number of carbonyl (C=O) groups excluding carboxylic acids is 2. The van der Waals surface area contributed by atoms with Crippen LogP contribution in [0.3, 0.4) is 0 Å². The van der Waals surface area contributed by atoms with Gasteiger partial charge in [-0.3, -0.25) is 14.6 Å². The summed E-state index contributed by atoms with van der Waals surface area (Å²) in [4.78, 5) is 42.3. The number of hydroxylamine groups is 2. The van der Waals surface area contributed by atoms with E-state index < -0.39 is 51.8 Å². The van der Waals surface area contributed by atoms with Crippen molar-refractivity contribution in [2.75, 3.05) is 60.0 Å². The lowest BCUT2D eigenvalue weighted by molar-refractivity contribution is -0.166. The Hall–Kier alpha value is -4.09. The van der Waals surface area contributed by atoms with Crippen LogP contribution in [-0.2, 0) is 17.1 Å². The number of piperidine rings is 1. The Balaban J connectivity index is 1.41. The summed E-state index contributed by atoms with van der Waals surface area (Å²) in [7, 11) is 3.88. The summed E-state index contributed by atoms with van der Waals surface area (Å²) in [5.74, 6) is -0.624. The number of rotatable bonds is 12. The fourth-order valence-corrected chi connectivity index (χ4v) is 7.15. The Morgan fingerprint density at radius 1 is 0.981 bits per heavy atom. The topological polar surface area (TPSA) is 87.7 Å². The van der Waals surface area contributed by atoms with Gasteiger partial charge in [-0.1, -0.05) is 19.4 Å². The predicted octanol–water partition coefficient (Wildman–Crippen LogP) is 6.48. The molecule has 0 bridgehead atoms. The second-order valence-corrected chi connectivity index (χ2v) is 13.8. The number of piperazine rings is 1. The number of aromatic nitrogens is 1. The van der Waals surface area contributed by atoms with Crippen molar-refractivity contribution in [3.05, 3.63) is 70.2 Å². The van der Waals surface area contributed by atoms with Gasteiger partial charge in [0.25, 0.3) is 11.8 Å². The van der Waals surface area contributed by atoms with Gasteiger partial charge in [-0.15, -0.1) is 16.4 Å². The molecule has 2 aliphatic heterocycles. The van der Waals surface area contributed by atoms with Crippen LogP contribution in [0.2, 0.25) is 0 Å². The molecule has 3 aromatic rings. The zero-order chi connectivity index (χ0) is 37.7. The van der Waals surface area contributed by atoms with Crippen molar-refractivity contribution in [1.29, 1.82) is 0 Å². The van der Waals surface area contributed by atoms with E-state index in [1.165, 1.54) is 9.80 Å². The second kappa shape index (κ2) is 16.3. The molecule has 2 aliphatic rings. The molecule has 0 spiro atoms. The SMILES string of the molecule is CCC[C@H]1N(C(=O)c2cnccc2C(F)(F)F)CCC[C@@]1(Oc1csc(C(F)(F)F)c1)C(=O)N1CCN(Oc2cccc(OCCN(C)C)c2)CC1. The largest absolute Gasteiger partial charge is 0.492 e. The third-order valence-corrected chi connectivity index (χ3v) is 9.88. The van der Waals surface area contributed by atoms with Gasteiger partial charge in [0.2, 0.25) is 5.60 Å². The number of alkyl halides is 6. The molecule has 284 valence electrons. The van der Waals surface area contributed by atoms with Crippen LogP contribution < -0.4 is 14.3 Å². The minimum atomic E-state index is -4.86. The molecule has 0 unspecified atom stereocenters. The van der Waals surface area contributed by atoms with Crippen molar-refractivity contribution < 1.29 is 50.2 Å². The first-order valence-corrected chi connectivity index (χ1v) is 17.8. The van der Waals surface area contributed by atoms with E-state index in [0.717, 1.165) is 30.4 Å². The molecule has 0 aliphatic carbocycles. The Kier molecular flexibility index (Phi) is 12.3. The molecule has 5 rings (SSSR count). The molecule has 2 atom stereocenters. The van der Waals surface area contributed by atoms with Crippen LogP contribution in [0.15, 0.2) is 54.2 Å². The summed E-state index contributed by atoms with van der Waals surface area (Å²) in [5, 5.41) is 2.82. The van der Waals surface area contributed by atoms with Gasteiger partial charge in [0, 0.05) is 62.5 Å². The van der Waals surface area contributed by atoms with Gasteiger partial charge >= 0.3 is 12.4 Å². The highest BCUT2D eigenvalue weighted by Crippen LogP contribution is 2.43. The molecule has 2 saturated heterocycles. The minimum Gasteiger partial charge on any atom is -0.492 e. The van der Waals surface area contributed by atoms with Crippen LogP contribution in [0, 0.1) is 0 Å². The van der Waals surface area contributed by atoms with Crippen molar-refractivity contribution in [2.45, 2.75) is 56.6 Å². The molecule has 2 amide bonds. The number of hydrogen-bond acceptors (Lipinski definition) is 9. The number of likely N-dealkylation sites (N-methyl/N-ethyl adjacent to an activating group) is 1. The molecule has 1 aromatic carbocycles. The molecule has 0 radical (unpaired) electrons. The van der Waals surface area contributed by atoms with E-state index in [9.17, 15) is 35.9 Å². The number of carbonyl (C=O) groups is 2. The van der Waals surface area contributed by atoms with Crippen LogP contribution in [-0.4, -0.2) is 108 Å². The van der Waals surface area contributed by atoms with Crippen LogP contribution in [0.4, 0.5) is 26.3 Å². The highest BCUT2D eigenvalue weighted by molar-refractivity contribution is 7.10. The Morgan fingerprint density at radius 3 is 2.37 bits per heavy atom. The van der Waals surface area contributed by atoms with Crippen LogP contribution in [0.5, 0.6) is 17.2 Å². The van der Waals surface area contributed by atoms with E-state index in [-0.39, 0.29) is 57.7 Å². The third-order valence-electron chi connectivity index (χ3n) is 8.93. The number of hydrogen-bond donors (Lipinski definition) is 0. The molecular weight excluding hydrogens is 716 g/mol. The number of halogens is 6. The van der Waals surface area contributed by atoms with Crippen LogP contribution in [0.1, 0.15) is 53.4 Å².